The predicted molar refractivity (Wildman–Crippen MR) is 115 cm³/mol. The van der Waals surface area contributed by atoms with Gasteiger partial charge in [-0.2, -0.15) is 16.1 Å². The molecular formula is C19H28N2O4S3. The number of hydrogen-bond donors (Lipinski definition) is 0. The van der Waals surface area contributed by atoms with Gasteiger partial charge in [0.1, 0.15) is 4.21 Å². The molecule has 1 atom stereocenters. The third-order valence-corrected chi connectivity index (χ3v) is 10.0. The molecule has 0 amide bonds. The number of nitrogens with zero attached hydrogens (tertiary/aromatic N) is 2. The van der Waals surface area contributed by atoms with E-state index in [4.69, 9.17) is 4.74 Å². The summed E-state index contributed by atoms with van der Waals surface area (Å²) in [6.45, 7) is 9.56. The van der Waals surface area contributed by atoms with Crippen LogP contribution in [0, 0.1) is 0 Å². The Morgan fingerprint density at radius 3 is 2.75 bits per heavy atom. The molecular weight excluding hydrogens is 416 g/mol. The maximum Gasteiger partial charge on any atom is 0.340 e. The highest BCUT2D eigenvalue weighted by Crippen LogP contribution is 2.39. The van der Waals surface area contributed by atoms with Gasteiger partial charge in [0, 0.05) is 42.9 Å². The summed E-state index contributed by atoms with van der Waals surface area (Å²) in [7, 11) is -2.49. The lowest BCUT2D eigenvalue weighted by Crippen LogP contribution is -2.39. The number of rotatable bonds is 7. The van der Waals surface area contributed by atoms with Crippen molar-refractivity contribution in [3.05, 3.63) is 28.2 Å². The van der Waals surface area contributed by atoms with Crippen LogP contribution in [-0.2, 0) is 27.7 Å². The van der Waals surface area contributed by atoms with Crippen LogP contribution in [0.5, 0.6) is 0 Å². The zero-order valence-corrected chi connectivity index (χ0v) is 19.1. The Labute approximate surface area is 176 Å². The second kappa shape index (κ2) is 8.87. The second-order valence-electron chi connectivity index (χ2n) is 7.28. The Bertz CT molecular complexity index is 857. The van der Waals surface area contributed by atoms with Crippen molar-refractivity contribution in [3.8, 4) is 0 Å². The average molecular weight is 445 g/mol. The Balaban J connectivity index is 2.02. The van der Waals surface area contributed by atoms with E-state index in [2.05, 4.69) is 11.5 Å². The highest BCUT2D eigenvalue weighted by Gasteiger charge is 2.37. The highest BCUT2D eigenvalue weighted by atomic mass is 32.2. The minimum Gasteiger partial charge on any atom is -0.465 e. The normalized spacial score (nSPS) is 20.4. The summed E-state index contributed by atoms with van der Waals surface area (Å²) in [6.07, 6.45) is 1.85. The molecule has 156 valence electrons. The molecule has 6 nitrogen and oxygen atoms in total. The number of fused-ring (bicyclic) bond motifs is 1. The van der Waals surface area contributed by atoms with E-state index in [0.717, 1.165) is 28.3 Å². The van der Waals surface area contributed by atoms with E-state index in [1.54, 1.807) is 13.8 Å². The highest BCUT2D eigenvalue weighted by molar-refractivity contribution is 7.99. The van der Waals surface area contributed by atoms with E-state index in [1.807, 2.05) is 11.8 Å². The van der Waals surface area contributed by atoms with E-state index >= 15 is 0 Å². The number of hydrogen-bond acceptors (Lipinski definition) is 7. The molecule has 1 aromatic heterocycles. The van der Waals surface area contributed by atoms with Gasteiger partial charge in [0.25, 0.3) is 10.0 Å². The Morgan fingerprint density at radius 2 is 2.18 bits per heavy atom. The van der Waals surface area contributed by atoms with Gasteiger partial charge < -0.3 is 4.74 Å². The fourth-order valence-electron chi connectivity index (χ4n) is 3.80. The average Bonchev–Trinajstić information content (AvgIpc) is 3.32. The quantitative estimate of drug-likeness (QED) is 0.476. The molecule has 0 radical (unpaired) electrons. The fourth-order valence-corrected chi connectivity index (χ4v) is 8.61. The first-order chi connectivity index (χ1) is 13.3. The number of carbonyl (C=O) groups is 1. The van der Waals surface area contributed by atoms with Crippen LogP contribution in [0.25, 0.3) is 0 Å². The third-order valence-electron chi connectivity index (χ3n) is 5.24. The molecule has 3 heterocycles. The molecule has 1 aromatic rings. The van der Waals surface area contributed by atoms with Gasteiger partial charge in [0.2, 0.25) is 0 Å². The Morgan fingerprint density at radius 1 is 1.43 bits per heavy atom. The summed E-state index contributed by atoms with van der Waals surface area (Å²) in [5.74, 6) is 1.74. The van der Waals surface area contributed by atoms with Crippen molar-refractivity contribution >= 4 is 39.1 Å². The van der Waals surface area contributed by atoms with E-state index in [-0.39, 0.29) is 16.3 Å². The molecule has 0 saturated carbocycles. The van der Waals surface area contributed by atoms with Gasteiger partial charge in [-0.05, 0) is 31.1 Å². The fraction of sp³-hybridized carbons (Fsp3) is 0.632. The largest absolute Gasteiger partial charge is 0.465 e. The number of carbonyl (C=O) groups excluding carboxylic acids is 1. The Kier molecular flexibility index (Phi) is 6.92. The van der Waals surface area contributed by atoms with E-state index in [1.165, 1.54) is 34.9 Å². The molecule has 0 bridgehead atoms. The van der Waals surface area contributed by atoms with E-state index < -0.39 is 16.0 Å². The standard InChI is InChI=1S/C19H28N2O4S3/c1-5-21(10-13(2)3)28(23,24)19-17(18(22)25-4)15-6-8-20(11-16(15)27-19)14-7-9-26-12-14/h14H,2,5-12H2,1,3-4H3. The summed E-state index contributed by atoms with van der Waals surface area (Å²) in [4.78, 5) is 16.0. The van der Waals surface area contributed by atoms with Crippen LogP contribution in [0.1, 0.15) is 41.1 Å². The molecule has 3 rings (SSSR count). The number of likely N-dealkylation sites (N-methyl/N-ethyl adjacent to an activating group) is 1. The molecule has 28 heavy (non-hydrogen) atoms. The monoisotopic (exact) mass is 444 g/mol. The molecule has 1 saturated heterocycles. The minimum absolute atomic E-state index is 0.120. The number of thioether (sulfide) groups is 1. The number of ether oxygens (including phenoxy) is 1. The van der Waals surface area contributed by atoms with Crippen molar-refractivity contribution in [1.82, 2.24) is 9.21 Å². The number of sulfonamides is 1. The minimum atomic E-state index is -3.79. The maximum atomic E-state index is 13.4. The summed E-state index contributed by atoms with van der Waals surface area (Å²) < 4.78 is 33.2. The van der Waals surface area contributed by atoms with Crippen molar-refractivity contribution in [2.24, 2.45) is 0 Å². The van der Waals surface area contributed by atoms with Crippen LogP contribution in [0.4, 0.5) is 0 Å². The maximum absolute atomic E-state index is 13.4. The molecule has 0 N–H and O–H groups in total. The summed E-state index contributed by atoms with van der Waals surface area (Å²) >= 11 is 3.20. The molecule has 0 aliphatic carbocycles. The zero-order valence-electron chi connectivity index (χ0n) is 16.7. The van der Waals surface area contributed by atoms with E-state index in [0.29, 0.717) is 25.6 Å². The van der Waals surface area contributed by atoms with Crippen LogP contribution in [0.15, 0.2) is 16.4 Å². The van der Waals surface area contributed by atoms with Crippen LogP contribution in [0.3, 0.4) is 0 Å². The third kappa shape index (κ3) is 4.18. The molecule has 0 spiro atoms. The van der Waals surface area contributed by atoms with Gasteiger partial charge >= 0.3 is 5.97 Å². The van der Waals surface area contributed by atoms with Gasteiger partial charge in [-0.25, -0.2) is 13.2 Å². The second-order valence-corrected chi connectivity index (χ2v) is 11.7. The molecule has 1 fully saturated rings. The molecule has 2 aliphatic rings. The summed E-state index contributed by atoms with van der Waals surface area (Å²) in [5, 5.41) is 0. The lowest BCUT2D eigenvalue weighted by molar-refractivity contribution is 0.0595. The van der Waals surface area contributed by atoms with Crippen molar-refractivity contribution in [3.63, 3.8) is 0 Å². The number of methoxy groups -OCH3 is 1. The van der Waals surface area contributed by atoms with Gasteiger partial charge in [-0.1, -0.05) is 19.1 Å². The zero-order chi connectivity index (χ0) is 20.5. The predicted octanol–water partition coefficient (Wildman–Crippen LogP) is 2.99. The first-order valence-electron chi connectivity index (χ1n) is 9.48. The van der Waals surface area contributed by atoms with Crippen LogP contribution >= 0.6 is 23.1 Å². The van der Waals surface area contributed by atoms with Crippen molar-refractivity contribution in [2.75, 3.05) is 38.2 Å². The van der Waals surface area contributed by atoms with Crippen LogP contribution in [0.2, 0.25) is 0 Å². The lowest BCUT2D eigenvalue weighted by Gasteiger charge is -2.31. The van der Waals surface area contributed by atoms with Crippen molar-refractivity contribution < 1.29 is 17.9 Å². The van der Waals surface area contributed by atoms with Gasteiger partial charge in [0.15, 0.2) is 0 Å². The SMILES string of the molecule is C=C(C)CN(CC)S(=O)(=O)c1sc2c(c1C(=O)OC)CCN(C1CCSC1)C2. The molecule has 9 heteroatoms. The topological polar surface area (TPSA) is 66.9 Å². The molecule has 0 aromatic carbocycles. The number of esters is 1. The smallest absolute Gasteiger partial charge is 0.340 e. The summed E-state index contributed by atoms with van der Waals surface area (Å²) in [6, 6.07) is 0.539. The van der Waals surface area contributed by atoms with Gasteiger partial charge in [-0.15, -0.1) is 11.3 Å². The van der Waals surface area contributed by atoms with Crippen LogP contribution in [-0.4, -0.2) is 67.9 Å². The first kappa shape index (κ1) is 21.8. The van der Waals surface area contributed by atoms with Crippen molar-refractivity contribution in [2.45, 2.75) is 43.5 Å². The first-order valence-corrected chi connectivity index (χ1v) is 12.9. The van der Waals surface area contributed by atoms with E-state index in [9.17, 15) is 13.2 Å². The van der Waals surface area contributed by atoms with Crippen molar-refractivity contribution in [1.29, 1.82) is 0 Å². The Hall–Kier alpha value is -0.870. The number of thiophene rings is 1. The lowest BCUT2D eigenvalue weighted by atomic mass is 10.0. The van der Waals surface area contributed by atoms with Gasteiger partial charge in [-0.3, -0.25) is 4.90 Å². The summed E-state index contributed by atoms with van der Waals surface area (Å²) in [5.41, 5.74) is 1.85. The van der Waals surface area contributed by atoms with Crippen LogP contribution < -0.4 is 0 Å². The molecule has 1 unspecified atom stereocenters. The van der Waals surface area contributed by atoms with Gasteiger partial charge in [0.05, 0.1) is 12.7 Å². The molecule has 2 aliphatic heterocycles.